The Morgan fingerprint density at radius 3 is 2.44 bits per heavy atom. The summed E-state index contributed by atoms with van der Waals surface area (Å²) in [5.74, 6) is 0.309. The Morgan fingerprint density at radius 2 is 1.69 bits per heavy atom. The van der Waals surface area contributed by atoms with E-state index in [1.807, 2.05) is 36.4 Å². The van der Waals surface area contributed by atoms with Gasteiger partial charge in [-0.15, -0.1) is 0 Å². The van der Waals surface area contributed by atoms with E-state index < -0.39 is 0 Å². The zero-order chi connectivity index (χ0) is 11.5. The van der Waals surface area contributed by atoms with Crippen LogP contribution in [0.25, 0.3) is 11.1 Å². The minimum absolute atomic E-state index is 0.309. The molecule has 0 saturated carbocycles. The number of aryl methyl sites for hydroxylation is 1. The van der Waals surface area contributed by atoms with Crippen molar-refractivity contribution in [2.75, 3.05) is 0 Å². The van der Waals surface area contributed by atoms with Crippen LogP contribution in [0, 0.1) is 0 Å². The molecule has 2 rings (SSSR count). The highest BCUT2D eigenvalue weighted by molar-refractivity contribution is 9.10. The standard InChI is InChI=1S/C14H13BrO/c1-2-10-6-3-4-7-11(10)12-8-5-9-13(15)14(12)16/h3-9,16H,2H2,1H3. The Hall–Kier alpha value is -1.28. The highest BCUT2D eigenvalue weighted by atomic mass is 79.9. The van der Waals surface area contributed by atoms with Crippen LogP contribution in [-0.2, 0) is 6.42 Å². The Labute approximate surface area is 104 Å². The van der Waals surface area contributed by atoms with Gasteiger partial charge in [0.15, 0.2) is 0 Å². The highest BCUT2D eigenvalue weighted by Crippen LogP contribution is 2.36. The fourth-order valence-electron chi connectivity index (χ4n) is 1.82. The third-order valence-electron chi connectivity index (χ3n) is 2.68. The third kappa shape index (κ3) is 1.98. The minimum Gasteiger partial charge on any atom is -0.506 e. The molecule has 1 N–H and O–H groups in total. The van der Waals surface area contributed by atoms with Crippen molar-refractivity contribution in [2.24, 2.45) is 0 Å². The van der Waals surface area contributed by atoms with Gasteiger partial charge in [0.2, 0.25) is 0 Å². The first-order chi connectivity index (χ1) is 7.74. The van der Waals surface area contributed by atoms with Crippen LogP contribution in [0.3, 0.4) is 0 Å². The molecule has 0 fully saturated rings. The lowest BCUT2D eigenvalue weighted by molar-refractivity contribution is 0.474. The Balaban J connectivity index is 2.63. The molecule has 0 bridgehead atoms. The van der Waals surface area contributed by atoms with E-state index in [9.17, 15) is 5.11 Å². The van der Waals surface area contributed by atoms with Crippen LogP contribution in [0.2, 0.25) is 0 Å². The van der Waals surface area contributed by atoms with Crippen molar-refractivity contribution in [3.05, 3.63) is 52.5 Å². The van der Waals surface area contributed by atoms with E-state index in [0.717, 1.165) is 22.0 Å². The van der Waals surface area contributed by atoms with E-state index in [-0.39, 0.29) is 0 Å². The summed E-state index contributed by atoms with van der Waals surface area (Å²) < 4.78 is 0.732. The molecule has 0 heterocycles. The molecule has 1 nitrogen and oxygen atoms in total. The summed E-state index contributed by atoms with van der Waals surface area (Å²) in [6.07, 6.45) is 0.960. The van der Waals surface area contributed by atoms with Crippen LogP contribution in [0.5, 0.6) is 5.75 Å². The molecule has 0 radical (unpaired) electrons. The second-order valence-corrected chi connectivity index (χ2v) is 4.50. The Morgan fingerprint density at radius 1 is 1.00 bits per heavy atom. The molecule has 0 aliphatic carbocycles. The Bertz CT molecular complexity index is 506. The van der Waals surface area contributed by atoms with Crippen LogP contribution < -0.4 is 0 Å². The summed E-state index contributed by atoms with van der Waals surface area (Å²) in [4.78, 5) is 0. The average molecular weight is 277 g/mol. The second-order valence-electron chi connectivity index (χ2n) is 3.65. The lowest BCUT2D eigenvalue weighted by atomic mass is 9.97. The van der Waals surface area contributed by atoms with Gasteiger partial charge in [0.25, 0.3) is 0 Å². The number of phenols is 1. The predicted molar refractivity (Wildman–Crippen MR) is 70.6 cm³/mol. The van der Waals surface area contributed by atoms with E-state index >= 15 is 0 Å². The summed E-state index contributed by atoms with van der Waals surface area (Å²) in [6.45, 7) is 2.12. The summed E-state index contributed by atoms with van der Waals surface area (Å²) in [6, 6.07) is 13.9. The van der Waals surface area contributed by atoms with E-state index in [2.05, 4.69) is 28.9 Å². The van der Waals surface area contributed by atoms with Gasteiger partial charge in [0.05, 0.1) is 4.47 Å². The van der Waals surface area contributed by atoms with Gasteiger partial charge in [-0.3, -0.25) is 0 Å². The smallest absolute Gasteiger partial charge is 0.137 e. The SMILES string of the molecule is CCc1ccccc1-c1cccc(Br)c1O. The van der Waals surface area contributed by atoms with Crippen molar-refractivity contribution in [2.45, 2.75) is 13.3 Å². The van der Waals surface area contributed by atoms with Gasteiger partial charge < -0.3 is 5.11 Å². The summed E-state index contributed by atoms with van der Waals surface area (Å²) in [5, 5.41) is 10.0. The van der Waals surface area contributed by atoms with Crippen molar-refractivity contribution in [1.82, 2.24) is 0 Å². The Kier molecular flexibility index (Phi) is 3.30. The highest BCUT2D eigenvalue weighted by Gasteiger charge is 2.09. The number of hydrogen-bond donors (Lipinski definition) is 1. The van der Waals surface area contributed by atoms with Crippen LogP contribution in [0.1, 0.15) is 12.5 Å². The molecule has 0 saturated heterocycles. The summed E-state index contributed by atoms with van der Waals surface area (Å²) >= 11 is 3.34. The van der Waals surface area contributed by atoms with Gasteiger partial charge >= 0.3 is 0 Å². The van der Waals surface area contributed by atoms with E-state index in [0.29, 0.717) is 5.75 Å². The van der Waals surface area contributed by atoms with E-state index in [1.165, 1.54) is 5.56 Å². The van der Waals surface area contributed by atoms with Gasteiger partial charge in [0.1, 0.15) is 5.75 Å². The van der Waals surface area contributed by atoms with E-state index in [1.54, 1.807) is 0 Å². The van der Waals surface area contributed by atoms with Crippen molar-refractivity contribution in [3.8, 4) is 16.9 Å². The van der Waals surface area contributed by atoms with Gasteiger partial charge in [-0.2, -0.15) is 0 Å². The van der Waals surface area contributed by atoms with Crippen LogP contribution in [-0.4, -0.2) is 5.11 Å². The molecular formula is C14H13BrO. The zero-order valence-electron chi connectivity index (χ0n) is 9.07. The maximum absolute atomic E-state index is 10.0. The summed E-state index contributed by atoms with van der Waals surface area (Å²) in [7, 11) is 0. The fraction of sp³-hybridized carbons (Fsp3) is 0.143. The normalized spacial score (nSPS) is 10.4. The molecule has 0 aromatic heterocycles. The van der Waals surface area contributed by atoms with Crippen LogP contribution in [0.4, 0.5) is 0 Å². The zero-order valence-corrected chi connectivity index (χ0v) is 10.7. The molecule has 2 heteroatoms. The molecule has 82 valence electrons. The largest absolute Gasteiger partial charge is 0.506 e. The number of benzene rings is 2. The van der Waals surface area contributed by atoms with Crippen molar-refractivity contribution in [1.29, 1.82) is 0 Å². The first-order valence-corrected chi connectivity index (χ1v) is 6.09. The van der Waals surface area contributed by atoms with Gasteiger partial charge in [-0.05, 0) is 39.5 Å². The molecular weight excluding hydrogens is 264 g/mol. The molecule has 0 unspecified atom stereocenters. The molecule has 16 heavy (non-hydrogen) atoms. The van der Waals surface area contributed by atoms with Gasteiger partial charge in [0, 0.05) is 5.56 Å². The van der Waals surface area contributed by atoms with Gasteiger partial charge in [-0.1, -0.05) is 43.3 Å². The molecule has 2 aromatic carbocycles. The minimum atomic E-state index is 0.309. The maximum Gasteiger partial charge on any atom is 0.137 e. The first kappa shape index (κ1) is 11.2. The average Bonchev–Trinajstić information content (AvgIpc) is 2.33. The van der Waals surface area contributed by atoms with Crippen molar-refractivity contribution < 1.29 is 5.11 Å². The van der Waals surface area contributed by atoms with Crippen LogP contribution >= 0.6 is 15.9 Å². The lowest BCUT2D eigenvalue weighted by Gasteiger charge is -2.10. The predicted octanol–water partition coefficient (Wildman–Crippen LogP) is 4.38. The molecule has 0 atom stereocenters. The maximum atomic E-state index is 10.0. The third-order valence-corrected chi connectivity index (χ3v) is 3.32. The number of rotatable bonds is 2. The number of para-hydroxylation sites is 1. The molecule has 0 aliphatic rings. The fourth-order valence-corrected chi connectivity index (χ4v) is 2.19. The molecule has 2 aromatic rings. The number of halogens is 1. The number of phenolic OH excluding ortho intramolecular Hbond substituents is 1. The molecule has 0 aliphatic heterocycles. The van der Waals surface area contributed by atoms with Gasteiger partial charge in [-0.25, -0.2) is 0 Å². The second kappa shape index (κ2) is 4.71. The van der Waals surface area contributed by atoms with Crippen LogP contribution in [0.15, 0.2) is 46.9 Å². The topological polar surface area (TPSA) is 20.2 Å². The quantitative estimate of drug-likeness (QED) is 0.863. The van der Waals surface area contributed by atoms with Crippen molar-refractivity contribution >= 4 is 15.9 Å². The van der Waals surface area contributed by atoms with E-state index in [4.69, 9.17) is 0 Å². The van der Waals surface area contributed by atoms with Crippen molar-refractivity contribution in [3.63, 3.8) is 0 Å². The first-order valence-electron chi connectivity index (χ1n) is 5.29. The number of hydrogen-bond acceptors (Lipinski definition) is 1. The summed E-state index contributed by atoms with van der Waals surface area (Å²) in [5.41, 5.74) is 3.23. The molecule has 0 spiro atoms. The molecule has 0 amide bonds. The monoisotopic (exact) mass is 276 g/mol. The number of aromatic hydroxyl groups is 1. The lowest BCUT2D eigenvalue weighted by Crippen LogP contribution is -1.87.